The van der Waals surface area contributed by atoms with Gasteiger partial charge in [0.2, 0.25) is 11.8 Å². The summed E-state index contributed by atoms with van der Waals surface area (Å²) in [5, 5.41) is 0. The van der Waals surface area contributed by atoms with Crippen molar-refractivity contribution >= 4 is 23.5 Å². The summed E-state index contributed by atoms with van der Waals surface area (Å²) in [4.78, 5) is 42.1. The molecule has 7 nitrogen and oxygen atoms in total. The molecule has 0 saturated carbocycles. The van der Waals surface area contributed by atoms with Crippen molar-refractivity contribution in [2.24, 2.45) is 0 Å². The highest BCUT2D eigenvalue weighted by molar-refractivity contribution is 6.04. The van der Waals surface area contributed by atoms with Gasteiger partial charge in [0, 0.05) is 33.1 Å². The molecule has 0 radical (unpaired) electrons. The number of rotatable bonds is 5. The molecule has 2 rings (SSSR count). The number of benzene rings is 1. The molecule has 1 aromatic rings. The molecule has 0 N–H and O–H groups in total. The molecule has 1 aliphatic heterocycles. The summed E-state index contributed by atoms with van der Waals surface area (Å²) in [7, 11) is 2.01. The molecule has 25 heavy (non-hydrogen) atoms. The zero-order chi connectivity index (χ0) is 18.4. The average molecular weight is 347 g/mol. The first-order chi connectivity index (χ1) is 11.9. The van der Waals surface area contributed by atoms with Gasteiger partial charge in [-0.25, -0.2) is 4.79 Å². The Hall–Kier alpha value is -2.41. The minimum Gasteiger partial charge on any atom is -0.462 e. The first kappa shape index (κ1) is 18.9. The summed E-state index contributed by atoms with van der Waals surface area (Å²) >= 11 is 0. The molecule has 0 atom stereocenters. The molecular weight excluding hydrogens is 322 g/mol. The van der Waals surface area contributed by atoms with Crippen LogP contribution in [0.3, 0.4) is 0 Å². The van der Waals surface area contributed by atoms with Gasteiger partial charge in [0.05, 0.1) is 17.9 Å². The Balaban J connectivity index is 2.20. The molecule has 0 aliphatic carbocycles. The van der Waals surface area contributed by atoms with Crippen LogP contribution in [0.4, 0.5) is 5.69 Å². The number of likely N-dealkylation sites (N-methyl/N-ethyl adjacent to an activating group) is 1. The molecule has 1 aromatic carbocycles. The van der Waals surface area contributed by atoms with Gasteiger partial charge in [-0.15, -0.1) is 0 Å². The highest BCUT2D eigenvalue weighted by Gasteiger charge is 2.26. The number of piperazine rings is 1. The van der Waals surface area contributed by atoms with Crippen LogP contribution in [0.2, 0.25) is 0 Å². The van der Waals surface area contributed by atoms with Crippen LogP contribution in [0.15, 0.2) is 24.3 Å². The van der Waals surface area contributed by atoms with Crippen LogP contribution < -0.4 is 4.90 Å². The van der Waals surface area contributed by atoms with E-state index >= 15 is 0 Å². The Morgan fingerprint density at radius 3 is 2.36 bits per heavy atom. The van der Waals surface area contributed by atoms with Crippen molar-refractivity contribution in [2.45, 2.75) is 13.8 Å². The fourth-order valence-corrected chi connectivity index (χ4v) is 2.75. The zero-order valence-electron chi connectivity index (χ0n) is 15.0. The van der Waals surface area contributed by atoms with E-state index in [1.54, 1.807) is 36.1 Å². The van der Waals surface area contributed by atoms with Gasteiger partial charge < -0.3 is 19.4 Å². The molecular formula is C18H25N3O4. The van der Waals surface area contributed by atoms with Crippen molar-refractivity contribution in [1.29, 1.82) is 0 Å². The lowest BCUT2D eigenvalue weighted by molar-refractivity contribution is -0.132. The Kier molecular flexibility index (Phi) is 6.52. The molecule has 1 saturated heterocycles. The first-order valence-corrected chi connectivity index (χ1v) is 8.44. The Morgan fingerprint density at radius 1 is 1.12 bits per heavy atom. The molecule has 0 aromatic heterocycles. The van der Waals surface area contributed by atoms with E-state index in [1.807, 2.05) is 7.05 Å². The summed E-state index contributed by atoms with van der Waals surface area (Å²) in [6.45, 7) is 6.17. The number of esters is 1. The van der Waals surface area contributed by atoms with E-state index in [0.29, 0.717) is 18.8 Å². The smallest absolute Gasteiger partial charge is 0.340 e. The van der Waals surface area contributed by atoms with Gasteiger partial charge in [-0.3, -0.25) is 9.59 Å². The molecule has 0 bridgehead atoms. The topological polar surface area (TPSA) is 70.2 Å². The number of amides is 2. The van der Waals surface area contributed by atoms with Crippen LogP contribution in [0, 0.1) is 0 Å². The molecule has 1 fully saturated rings. The van der Waals surface area contributed by atoms with Crippen LogP contribution in [0.25, 0.3) is 0 Å². The van der Waals surface area contributed by atoms with E-state index in [-0.39, 0.29) is 30.5 Å². The number of carbonyl (C=O) groups excluding carboxylic acids is 3. The van der Waals surface area contributed by atoms with Gasteiger partial charge in [-0.1, -0.05) is 12.1 Å². The summed E-state index contributed by atoms with van der Waals surface area (Å²) in [5.41, 5.74) is 0.682. The van der Waals surface area contributed by atoms with E-state index in [1.165, 1.54) is 11.8 Å². The summed E-state index contributed by atoms with van der Waals surface area (Å²) in [5.74, 6) is -0.919. The maximum Gasteiger partial charge on any atom is 0.340 e. The van der Waals surface area contributed by atoms with Crippen molar-refractivity contribution in [3.05, 3.63) is 29.8 Å². The summed E-state index contributed by atoms with van der Waals surface area (Å²) < 4.78 is 5.05. The van der Waals surface area contributed by atoms with Crippen molar-refractivity contribution in [3.63, 3.8) is 0 Å². The normalized spacial score (nSPS) is 14.9. The van der Waals surface area contributed by atoms with Crippen molar-refractivity contribution in [2.75, 3.05) is 51.3 Å². The number of hydrogen-bond donors (Lipinski definition) is 0. The van der Waals surface area contributed by atoms with Crippen molar-refractivity contribution in [3.8, 4) is 0 Å². The predicted molar refractivity (Wildman–Crippen MR) is 94.5 cm³/mol. The van der Waals surface area contributed by atoms with Crippen LogP contribution in [-0.4, -0.2) is 74.0 Å². The third kappa shape index (κ3) is 4.79. The largest absolute Gasteiger partial charge is 0.462 e. The van der Waals surface area contributed by atoms with Gasteiger partial charge in [0.25, 0.3) is 0 Å². The van der Waals surface area contributed by atoms with Gasteiger partial charge >= 0.3 is 5.97 Å². The lowest BCUT2D eigenvalue weighted by atomic mass is 10.1. The fraction of sp³-hybridized carbons (Fsp3) is 0.500. The SMILES string of the molecule is CCOC(=O)c1ccccc1N(CC(=O)N1CCN(C)CC1)C(C)=O. The van der Waals surface area contributed by atoms with Crippen LogP contribution >= 0.6 is 0 Å². The number of anilines is 1. The predicted octanol–water partition coefficient (Wildman–Crippen LogP) is 0.990. The first-order valence-electron chi connectivity index (χ1n) is 8.44. The van der Waals surface area contributed by atoms with Crippen molar-refractivity contribution < 1.29 is 19.1 Å². The van der Waals surface area contributed by atoms with E-state index in [9.17, 15) is 14.4 Å². The molecule has 136 valence electrons. The Bertz CT molecular complexity index is 639. The number of nitrogens with zero attached hydrogens (tertiary/aromatic N) is 3. The lowest BCUT2D eigenvalue weighted by Gasteiger charge is -2.34. The maximum atomic E-state index is 12.6. The molecule has 1 heterocycles. The third-order valence-corrected chi connectivity index (χ3v) is 4.22. The quantitative estimate of drug-likeness (QED) is 0.743. The lowest BCUT2D eigenvalue weighted by Crippen LogP contribution is -2.50. The number of para-hydroxylation sites is 1. The number of ether oxygens (including phenoxy) is 1. The molecule has 0 unspecified atom stereocenters. The average Bonchev–Trinajstić information content (AvgIpc) is 2.60. The third-order valence-electron chi connectivity index (χ3n) is 4.22. The second-order valence-electron chi connectivity index (χ2n) is 6.03. The summed E-state index contributed by atoms with van der Waals surface area (Å²) in [6.07, 6.45) is 0. The second kappa shape index (κ2) is 8.62. The minimum absolute atomic E-state index is 0.0878. The number of hydrogen-bond acceptors (Lipinski definition) is 5. The standard InChI is InChI=1S/C18H25N3O4/c1-4-25-18(24)15-7-5-6-8-16(15)21(14(2)22)13-17(23)20-11-9-19(3)10-12-20/h5-8H,4,9-13H2,1-3H3. The van der Waals surface area contributed by atoms with Crippen LogP contribution in [0.1, 0.15) is 24.2 Å². The van der Waals surface area contributed by atoms with E-state index < -0.39 is 5.97 Å². The molecule has 1 aliphatic rings. The minimum atomic E-state index is -0.503. The van der Waals surface area contributed by atoms with E-state index in [4.69, 9.17) is 4.74 Å². The van der Waals surface area contributed by atoms with E-state index in [2.05, 4.69) is 4.90 Å². The van der Waals surface area contributed by atoms with Gasteiger partial charge in [-0.05, 0) is 26.1 Å². The van der Waals surface area contributed by atoms with E-state index in [0.717, 1.165) is 13.1 Å². The Labute approximate surface area is 148 Å². The molecule has 2 amide bonds. The highest BCUT2D eigenvalue weighted by atomic mass is 16.5. The summed E-state index contributed by atoms with van der Waals surface area (Å²) in [6, 6.07) is 6.69. The molecule has 7 heteroatoms. The second-order valence-corrected chi connectivity index (χ2v) is 6.03. The van der Waals surface area contributed by atoms with Crippen molar-refractivity contribution in [1.82, 2.24) is 9.80 Å². The van der Waals surface area contributed by atoms with Crippen LogP contribution in [-0.2, 0) is 14.3 Å². The van der Waals surface area contributed by atoms with Gasteiger partial charge in [0.15, 0.2) is 0 Å². The number of carbonyl (C=O) groups is 3. The fourth-order valence-electron chi connectivity index (χ4n) is 2.75. The van der Waals surface area contributed by atoms with Gasteiger partial charge in [0.1, 0.15) is 6.54 Å². The highest BCUT2D eigenvalue weighted by Crippen LogP contribution is 2.22. The van der Waals surface area contributed by atoms with Crippen LogP contribution in [0.5, 0.6) is 0 Å². The monoisotopic (exact) mass is 347 g/mol. The Morgan fingerprint density at radius 2 is 1.76 bits per heavy atom. The maximum absolute atomic E-state index is 12.6. The van der Waals surface area contributed by atoms with Gasteiger partial charge in [-0.2, -0.15) is 0 Å². The zero-order valence-corrected chi connectivity index (χ0v) is 15.0. The molecule has 0 spiro atoms.